The second-order valence-electron chi connectivity index (χ2n) is 6.09. The molecule has 2 unspecified atom stereocenters. The van der Waals surface area contributed by atoms with Crippen LogP contribution in [0.5, 0.6) is 0 Å². The van der Waals surface area contributed by atoms with Gasteiger partial charge in [0.15, 0.2) is 0 Å². The van der Waals surface area contributed by atoms with Gasteiger partial charge in [-0.3, -0.25) is 28.8 Å². The fourth-order valence-electron chi connectivity index (χ4n) is 1.90. The molecular formula is C19H28O12. The lowest BCUT2D eigenvalue weighted by atomic mass is 10.3. The van der Waals surface area contributed by atoms with Crippen molar-refractivity contribution in [3.63, 3.8) is 0 Å². The molecule has 176 valence electrons. The first kappa shape index (κ1) is 27.8. The van der Waals surface area contributed by atoms with Gasteiger partial charge in [-0.25, -0.2) is 0 Å². The minimum Gasteiger partial charge on any atom is -0.469 e. The van der Waals surface area contributed by atoms with Crippen LogP contribution in [0.3, 0.4) is 0 Å². The number of esters is 6. The van der Waals surface area contributed by atoms with Gasteiger partial charge >= 0.3 is 35.8 Å². The second-order valence-corrected chi connectivity index (χ2v) is 6.09. The molecule has 0 spiro atoms. The maximum atomic E-state index is 11.9. The van der Waals surface area contributed by atoms with E-state index in [2.05, 4.69) is 9.47 Å². The van der Waals surface area contributed by atoms with Gasteiger partial charge in [-0.05, 0) is 12.8 Å². The van der Waals surface area contributed by atoms with Crippen molar-refractivity contribution in [2.45, 2.75) is 58.2 Å². The Morgan fingerprint density at radius 3 is 1.16 bits per heavy atom. The minimum atomic E-state index is -0.904. The van der Waals surface area contributed by atoms with Crippen LogP contribution in [-0.4, -0.2) is 75.5 Å². The van der Waals surface area contributed by atoms with E-state index in [0.717, 1.165) is 14.2 Å². The monoisotopic (exact) mass is 448 g/mol. The molecule has 2 atom stereocenters. The molecule has 0 aromatic heterocycles. The first-order chi connectivity index (χ1) is 14.6. The first-order valence-corrected chi connectivity index (χ1v) is 9.48. The highest BCUT2D eigenvalue weighted by molar-refractivity contribution is 5.92. The minimum absolute atomic E-state index is 0.291. The summed E-state index contributed by atoms with van der Waals surface area (Å²) < 4.78 is 28.4. The van der Waals surface area contributed by atoms with Crippen LogP contribution in [-0.2, 0) is 57.2 Å². The fourth-order valence-corrected chi connectivity index (χ4v) is 1.90. The van der Waals surface area contributed by atoms with E-state index in [0.29, 0.717) is 12.8 Å². The summed E-state index contributed by atoms with van der Waals surface area (Å²) in [6, 6.07) is 0. The smallest absolute Gasteiger partial charge is 0.317 e. The molecule has 0 aliphatic rings. The van der Waals surface area contributed by atoms with Crippen molar-refractivity contribution in [1.82, 2.24) is 0 Å². The lowest BCUT2D eigenvalue weighted by Crippen LogP contribution is -2.29. The Kier molecular flexibility index (Phi) is 14.0. The van der Waals surface area contributed by atoms with E-state index in [1.165, 1.54) is 0 Å². The van der Waals surface area contributed by atoms with Crippen molar-refractivity contribution in [3.05, 3.63) is 0 Å². The maximum Gasteiger partial charge on any atom is 0.317 e. The molecule has 0 amide bonds. The third kappa shape index (κ3) is 13.6. The number of methoxy groups -OCH3 is 2. The molecule has 0 N–H and O–H groups in total. The Morgan fingerprint density at radius 1 is 0.548 bits per heavy atom. The van der Waals surface area contributed by atoms with Crippen molar-refractivity contribution in [1.29, 1.82) is 0 Å². The van der Waals surface area contributed by atoms with Crippen LogP contribution in [0.4, 0.5) is 0 Å². The molecule has 31 heavy (non-hydrogen) atoms. The Bertz CT molecular complexity index is 588. The van der Waals surface area contributed by atoms with Crippen LogP contribution in [0.15, 0.2) is 0 Å². The number of hydrogen-bond acceptors (Lipinski definition) is 12. The quantitative estimate of drug-likeness (QED) is 0.203. The predicted octanol–water partition coefficient (Wildman–Crippen LogP) is 0.233. The lowest BCUT2D eigenvalue weighted by molar-refractivity contribution is -0.169. The summed E-state index contributed by atoms with van der Waals surface area (Å²) in [6.45, 7) is 2.75. The highest BCUT2D eigenvalue weighted by Gasteiger charge is 2.22. The largest absolute Gasteiger partial charge is 0.469 e. The van der Waals surface area contributed by atoms with E-state index in [4.69, 9.17) is 18.9 Å². The number of carbonyl (C=O) groups excluding carboxylic acids is 6. The van der Waals surface area contributed by atoms with E-state index in [9.17, 15) is 28.8 Å². The number of ether oxygens (including phenoxy) is 6. The molecule has 0 heterocycles. The SMILES string of the molecule is CCC(COC(=O)CC(=O)OC)OC(=O)CC(=O)OC(CC)COC(=O)CC(=O)OC. The Hall–Kier alpha value is -3.18. The first-order valence-electron chi connectivity index (χ1n) is 9.48. The number of rotatable bonds is 14. The molecule has 0 rings (SSSR count). The van der Waals surface area contributed by atoms with Crippen LogP contribution in [0, 0.1) is 0 Å². The summed E-state index contributed by atoms with van der Waals surface area (Å²) >= 11 is 0. The van der Waals surface area contributed by atoms with Gasteiger partial charge in [-0.2, -0.15) is 0 Å². The molecule has 12 heteroatoms. The topological polar surface area (TPSA) is 158 Å². The van der Waals surface area contributed by atoms with Crippen LogP contribution in [0.1, 0.15) is 46.0 Å². The van der Waals surface area contributed by atoms with Gasteiger partial charge in [0, 0.05) is 0 Å². The maximum absolute atomic E-state index is 11.9. The average Bonchev–Trinajstić information content (AvgIpc) is 2.73. The predicted molar refractivity (Wildman–Crippen MR) is 100 cm³/mol. The Balaban J connectivity index is 4.37. The van der Waals surface area contributed by atoms with Crippen molar-refractivity contribution >= 4 is 35.8 Å². The van der Waals surface area contributed by atoms with E-state index in [-0.39, 0.29) is 13.2 Å². The highest BCUT2D eigenvalue weighted by atomic mass is 16.6. The Morgan fingerprint density at radius 2 is 0.871 bits per heavy atom. The van der Waals surface area contributed by atoms with Gasteiger partial charge in [0.2, 0.25) is 0 Å². The summed E-state index contributed by atoms with van der Waals surface area (Å²) in [5.41, 5.74) is 0. The van der Waals surface area contributed by atoms with Gasteiger partial charge in [0.05, 0.1) is 14.2 Å². The highest BCUT2D eigenvalue weighted by Crippen LogP contribution is 2.07. The summed E-state index contributed by atoms with van der Waals surface area (Å²) in [7, 11) is 2.25. The second kappa shape index (κ2) is 15.6. The summed E-state index contributed by atoms with van der Waals surface area (Å²) in [4.78, 5) is 68.7. The molecule has 0 saturated carbocycles. The van der Waals surface area contributed by atoms with E-state index in [1.54, 1.807) is 13.8 Å². The number of carbonyl (C=O) groups is 6. The van der Waals surface area contributed by atoms with Crippen molar-refractivity contribution < 1.29 is 57.2 Å². The molecule has 0 aromatic carbocycles. The zero-order valence-corrected chi connectivity index (χ0v) is 18.0. The van der Waals surface area contributed by atoms with E-state index >= 15 is 0 Å². The van der Waals surface area contributed by atoms with Gasteiger partial charge in [-0.1, -0.05) is 13.8 Å². The Labute approximate surface area is 179 Å². The third-order valence-electron chi connectivity index (χ3n) is 3.69. The average molecular weight is 448 g/mol. The lowest BCUT2D eigenvalue weighted by Gasteiger charge is -2.18. The molecule has 0 saturated heterocycles. The van der Waals surface area contributed by atoms with Gasteiger partial charge in [0.1, 0.15) is 44.7 Å². The summed E-state index contributed by atoms with van der Waals surface area (Å²) in [6.07, 6.45) is -2.91. The van der Waals surface area contributed by atoms with Crippen molar-refractivity contribution in [3.8, 4) is 0 Å². The zero-order valence-electron chi connectivity index (χ0n) is 18.0. The third-order valence-corrected chi connectivity index (χ3v) is 3.69. The van der Waals surface area contributed by atoms with Gasteiger partial charge < -0.3 is 28.4 Å². The summed E-state index contributed by atoms with van der Waals surface area (Å²) in [5.74, 6) is -5.02. The number of hydrogen-bond donors (Lipinski definition) is 0. The van der Waals surface area contributed by atoms with Crippen molar-refractivity contribution in [2.75, 3.05) is 27.4 Å². The van der Waals surface area contributed by atoms with Gasteiger partial charge in [-0.15, -0.1) is 0 Å². The molecule has 0 aliphatic carbocycles. The fraction of sp³-hybridized carbons (Fsp3) is 0.684. The van der Waals surface area contributed by atoms with Crippen LogP contribution in [0.25, 0.3) is 0 Å². The molecule has 0 fully saturated rings. The normalized spacial score (nSPS) is 12.0. The molecule has 0 aromatic rings. The van der Waals surface area contributed by atoms with Gasteiger partial charge in [0.25, 0.3) is 0 Å². The zero-order chi connectivity index (χ0) is 23.8. The standard InChI is InChI=1S/C19H28O12/c1-5-12(10-28-16(22)7-14(20)26-3)30-18(24)9-19(25)31-13(6-2)11-29-17(23)8-15(21)27-4/h12-13H,5-11H2,1-4H3. The summed E-state index contributed by atoms with van der Waals surface area (Å²) in [5, 5.41) is 0. The molecular weight excluding hydrogens is 420 g/mol. The molecule has 0 aliphatic heterocycles. The van der Waals surface area contributed by atoms with Crippen LogP contribution >= 0.6 is 0 Å². The van der Waals surface area contributed by atoms with Crippen molar-refractivity contribution in [2.24, 2.45) is 0 Å². The van der Waals surface area contributed by atoms with E-state index in [1.807, 2.05) is 0 Å². The van der Waals surface area contributed by atoms with Crippen LogP contribution in [0.2, 0.25) is 0 Å². The van der Waals surface area contributed by atoms with E-state index < -0.39 is 67.3 Å². The molecule has 0 bridgehead atoms. The molecule has 0 radical (unpaired) electrons. The van der Waals surface area contributed by atoms with Crippen LogP contribution < -0.4 is 0 Å². The molecule has 12 nitrogen and oxygen atoms in total.